The molecule has 0 spiro atoms. The summed E-state index contributed by atoms with van der Waals surface area (Å²) >= 11 is 24.8. The van der Waals surface area contributed by atoms with Gasteiger partial charge >= 0.3 is 0 Å². The van der Waals surface area contributed by atoms with E-state index in [0.717, 1.165) is 17.7 Å². The molecule has 1 N–H and O–H groups in total. The van der Waals surface area contributed by atoms with Crippen molar-refractivity contribution in [2.75, 3.05) is 0 Å². The van der Waals surface area contributed by atoms with Gasteiger partial charge in [0.05, 0.1) is 20.1 Å². The molecule has 0 aliphatic heterocycles. The van der Waals surface area contributed by atoms with Crippen molar-refractivity contribution in [3.63, 3.8) is 0 Å². The van der Waals surface area contributed by atoms with Crippen LogP contribution in [0.5, 0.6) is 0 Å². The zero-order chi connectivity index (χ0) is 15.6. The van der Waals surface area contributed by atoms with Gasteiger partial charge in [-0.3, -0.25) is 0 Å². The smallest absolute Gasteiger partial charge is 0.0686 e. The highest BCUT2D eigenvalue weighted by molar-refractivity contribution is 6.50. The predicted molar refractivity (Wildman–Crippen MR) is 93.9 cm³/mol. The molecule has 5 heteroatoms. The van der Waals surface area contributed by atoms with Gasteiger partial charge in [-0.1, -0.05) is 78.5 Å². The standard InChI is InChI=1S/C16H15Cl4N/c1-9(2)21-8-10-4-3-5-11(6-10)14-15(19)12(17)7-13(18)16(14)20/h3-7,9,21H,8H2,1-2H3. The molecule has 2 rings (SSSR count). The van der Waals surface area contributed by atoms with Gasteiger partial charge in [0.2, 0.25) is 0 Å². The molecule has 0 saturated heterocycles. The Morgan fingerprint density at radius 3 is 2.14 bits per heavy atom. The quantitative estimate of drug-likeness (QED) is 0.615. The third-order valence-electron chi connectivity index (χ3n) is 3.04. The minimum Gasteiger partial charge on any atom is -0.310 e. The first-order valence-corrected chi connectivity index (χ1v) is 8.07. The Balaban J connectivity index is 2.45. The van der Waals surface area contributed by atoms with Crippen molar-refractivity contribution in [3.8, 4) is 11.1 Å². The Bertz CT molecular complexity index is 627. The fourth-order valence-corrected chi connectivity index (χ4v) is 3.01. The van der Waals surface area contributed by atoms with Gasteiger partial charge in [-0.2, -0.15) is 0 Å². The molecule has 0 radical (unpaired) electrons. The average Bonchev–Trinajstić information content (AvgIpc) is 2.44. The third-order valence-corrected chi connectivity index (χ3v) is 4.62. The molecule has 0 aliphatic carbocycles. The van der Waals surface area contributed by atoms with Crippen molar-refractivity contribution in [1.29, 1.82) is 0 Å². The Hall–Kier alpha value is -0.440. The Morgan fingerprint density at radius 1 is 0.952 bits per heavy atom. The van der Waals surface area contributed by atoms with E-state index >= 15 is 0 Å². The van der Waals surface area contributed by atoms with Gasteiger partial charge in [0.25, 0.3) is 0 Å². The molecule has 0 atom stereocenters. The highest BCUT2D eigenvalue weighted by Crippen LogP contribution is 2.43. The summed E-state index contributed by atoms with van der Waals surface area (Å²) in [5, 5.41) is 5.00. The largest absolute Gasteiger partial charge is 0.310 e. The molecule has 0 fully saturated rings. The van der Waals surface area contributed by atoms with E-state index in [-0.39, 0.29) is 0 Å². The normalized spacial score (nSPS) is 11.2. The molecule has 112 valence electrons. The maximum absolute atomic E-state index is 6.29. The lowest BCUT2D eigenvalue weighted by atomic mass is 10.0. The number of hydrogen-bond acceptors (Lipinski definition) is 1. The van der Waals surface area contributed by atoms with Gasteiger partial charge in [-0.05, 0) is 23.3 Å². The highest BCUT2D eigenvalue weighted by Gasteiger charge is 2.15. The summed E-state index contributed by atoms with van der Waals surface area (Å²) in [7, 11) is 0. The summed E-state index contributed by atoms with van der Waals surface area (Å²) in [6.07, 6.45) is 0. The van der Waals surface area contributed by atoms with E-state index in [9.17, 15) is 0 Å². The van der Waals surface area contributed by atoms with Crippen LogP contribution in [0.3, 0.4) is 0 Å². The Labute approximate surface area is 145 Å². The zero-order valence-electron chi connectivity index (χ0n) is 11.7. The number of rotatable bonds is 4. The number of hydrogen-bond donors (Lipinski definition) is 1. The van der Waals surface area contributed by atoms with Crippen LogP contribution in [-0.4, -0.2) is 6.04 Å². The maximum atomic E-state index is 6.29. The monoisotopic (exact) mass is 361 g/mol. The zero-order valence-corrected chi connectivity index (χ0v) is 14.7. The molecule has 0 unspecified atom stereocenters. The first-order chi connectivity index (χ1) is 9.90. The Kier molecular flexibility index (Phi) is 5.81. The average molecular weight is 363 g/mol. The van der Waals surface area contributed by atoms with Gasteiger partial charge in [-0.25, -0.2) is 0 Å². The second-order valence-corrected chi connectivity index (χ2v) is 6.65. The molecule has 0 heterocycles. The van der Waals surface area contributed by atoms with Crippen LogP contribution < -0.4 is 5.32 Å². The van der Waals surface area contributed by atoms with E-state index in [4.69, 9.17) is 46.4 Å². The predicted octanol–water partition coefficient (Wildman–Crippen LogP) is 6.47. The SMILES string of the molecule is CC(C)NCc1cccc(-c2c(Cl)c(Cl)cc(Cl)c2Cl)c1. The molecular formula is C16H15Cl4N. The molecule has 21 heavy (non-hydrogen) atoms. The van der Waals surface area contributed by atoms with E-state index in [2.05, 4.69) is 19.2 Å². The molecular weight excluding hydrogens is 348 g/mol. The molecule has 0 aliphatic rings. The second-order valence-electron chi connectivity index (χ2n) is 5.08. The van der Waals surface area contributed by atoms with Gasteiger partial charge in [0.15, 0.2) is 0 Å². The van der Waals surface area contributed by atoms with Crippen molar-refractivity contribution >= 4 is 46.4 Å². The molecule has 0 amide bonds. The lowest BCUT2D eigenvalue weighted by Gasteiger charge is -2.13. The van der Waals surface area contributed by atoms with E-state index in [1.165, 1.54) is 0 Å². The van der Waals surface area contributed by atoms with Crippen LogP contribution in [-0.2, 0) is 6.54 Å². The lowest BCUT2D eigenvalue weighted by molar-refractivity contribution is 0.589. The van der Waals surface area contributed by atoms with Crippen LogP contribution in [0.4, 0.5) is 0 Å². The van der Waals surface area contributed by atoms with E-state index < -0.39 is 0 Å². The van der Waals surface area contributed by atoms with Crippen LogP contribution in [0.15, 0.2) is 30.3 Å². The van der Waals surface area contributed by atoms with E-state index in [0.29, 0.717) is 31.7 Å². The minimum absolute atomic E-state index is 0.395. The topological polar surface area (TPSA) is 12.0 Å². The summed E-state index contributed by atoms with van der Waals surface area (Å²) in [6, 6.07) is 9.97. The van der Waals surface area contributed by atoms with Crippen LogP contribution in [0.25, 0.3) is 11.1 Å². The second kappa shape index (κ2) is 7.21. The van der Waals surface area contributed by atoms with Gasteiger partial charge in [-0.15, -0.1) is 0 Å². The Morgan fingerprint density at radius 2 is 1.57 bits per heavy atom. The number of benzene rings is 2. The van der Waals surface area contributed by atoms with Crippen LogP contribution >= 0.6 is 46.4 Å². The van der Waals surface area contributed by atoms with Crippen LogP contribution in [0, 0.1) is 0 Å². The van der Waals surface area contributed by atoms with Crippen LogP contribution in [0.1, 0.15) is 19.4 Å². The van der Waals surface area contributed by atoms with Crippen molar-refractivity contribution in [2.24, 2.45) is 0 Å². The van der Waals surface area contributed by atoms with Gasteiger partial charge in [0, 0.05) is 18.2 Å². The van der Waals surface area contributed by atoms with Gasteiger partial charge in [0.1, 0.15) is 0 Å². The van der Waals surface area contributed by atoms with Crippen molar-refractivity contribution < 1.29 is 0 Å². The molecule has 0 bridgehead atoms. The summed E-state index contributed by atoms with van der Waals surface area (Å²) in [6.45, 7) is 4.98. The molecule has 2 aromatic rings. The van der Waals surface area contributed by atoms with Crippen molar-refractivity contribution in [3.05, 3.63) is 56.0 Å². The first kappa shape index (κ1) is 16.9. The fraction of sp³-hybridized carbons (Fsp3) is 0.250. The van der Waals surface area contributed by atoms with Crippen LogP contribution in [0.2, 0.25) is 20.1 Å². The summed E-state index contributed by atoms with van der Waals surface area (Å²) in [4.78, 5) is 0. The van der Waals surface area contributed by atoms with Crippen molar-refractivity contribution in [1.82, 2.24) is 5.32 Å². The maximum Gasteiger partial charge on any atom is 0.0686 e. The molecule has 1 nitrogen and oxygen atoms in total. The minimum atomic E-state index is 0.395. The summed E-state index contributed by atoms with van der Waals surface area (Å²) in [5.41, 5.74) is 2.71. The summed E-state index contributed by atoms with van der Waals surface area (Å²) < 4.78 is 0. The summed E-state index contributed by atoms with van der Waals surface area (Å²) in [5.74, 6) is 0. The van der Waals surface area contributed by atoms with Gasteiger partial charge < -0.3 is 5.32 Å². The lowest BCUT2D eigenvalue weighted by Crippen LogP contribution is -2.21. The van der Waals surface area contributed by atoms with E-state index in [1.54, 1.807) is 6.07 Å². The van der Waals surface area contributed by atoms with Crippen molar-refractivity contribution in [2.45, 2.75) is 26.4 Å². The highest BCUT2D eigenvalue weighted by atomic mass is 35.5. The molecule has 0 saturated carbocycles. The fourth-order valence-electron chi connectivity index (χ4n) is 1.99. The third kappa shape index (κ3) is 4.06. The number of nitrogens with one attached hydrogen (secondary N) is 1. The number of halogens is 4. The van der Waals surface area contributed by atoms with E-state index in [1.807, 2.05) is 24.3 Å². The first-order valence-electron chi connectivity index (χ1n) is 6.56. The molecule has 0 aromatic heterocycles. The molecule has 2 aromatic carbocycles.